The lowest BCUT2D eigenvalue weighted by molar-refractivity contribution is 0.593. The van der Waals surface area contributed by atoms with Crippen molar-refractivity contribution >= 4 is 21.4 Å². The summed E-state index contributed by atoms with van der Waals surface area (Å²) in [7, 11) is -3.70. The van der Waals surface area contributed by atoms with Crippen LogP contribution < -0.4 is 0 Å². The molecule has 0 bridgehead atoms. The summed E-state index contributed by atoms with van der Waals surface area (Å²) in [6.45, 7) is 0. The molecule has 2 aromatic carbocycles. The summed E-state index contributed by atoms with van der Waals surface area (Å²) in [4.78, 5) is 4.30. The maximum absolute atomic E-state index is 12.8. The van der Waals surface area contributed by atoms with Gasteiger partial charge in [-0.25, -0.2) is 13.4 Å². The van der Waals surface area contributed by atoms with E-state index < -0.39 is 9.84 Å². The van der Waals surface area contributed by atoms with Crippen LogP contribution in [0.25, 0.3) is 11.1 Å². The van der Waals surface area contributed by atoms with Crippen molar-refractivity contribution in [2.45, 2.75) is 9.92 Å². The lowest BCUT2D eigenvalue weighted by Crippen LogP contribution is -2.06. The Morgan fingerprint density at radius 3 is 2.50 bits per heavy atom. The van der Waals surface area contributed by atoms with E-state index >= 15 is 0 Å². The molecule has 0 aliphatic carbocycles. The average molecular weight is 329 g/mol. The van der Waals surface area contributed by atoms with Crippen molar-refractivity contribution in [2.24, 2.45) is 0 Å². The van der Waals surface area contributed by atoms with Crippen LogP contribution in [-0.2, 0) is 9.84 Å². The molecule has 3 rings (SSSR count). The summed E-state index contributed by atoms with van der Waals surface area (Å²) in [5, 5.41) is 0.438. The van der Waals surface area contributed by atoms with E-state index in [-0.39, 0.29) is 9.92 Å². The van der Waals surface area contributed by atoms with E-state index in [2.05, 4.69) is 11.1 Å². The molecule has 0 N–H and O–H groups in total. The number of rotatable bonds is 3. The highest BCUT2D eigenvalue weighted by Gasteiger charge is 2.23. The van der Waals surface area contributed by atoms with Crippen molar-refractivity contribution in [1.82, 2.24) is 4.98 Å². The Morgan fingerprint density at radius 1 is 1.00 bits per heavy atom. The first-order chi connectivity index (χ1) is 10.6. The van der Waals surface area contributed by atoms with Gasteiger partial charge in [0.1, 0.15) is 0 Å². The Bertz CT molecular complexity index is 909. The van der Waals surface area contributed by atoms with Crippen LogP contribution in [-0.4, -0.2) is 13.4 Å². The van der Waals surface area contributed by atoms with Gasteiger partial charge in [0.25, 0.3) is 0 Å². The van der Waals surface area contributed by atoms with Gasteiger partial charge in [0, 0.05) is 22.8 Å². The third-order valence-electron chi connectivity index (χ3n) is 3.16. The van der Waals surface area contributed by atoms with E-state index in [1.165, 1.54) is 6.20 Å². The van der Waals surface area contributed by atoms with Crippen LogP contribution in [0.3, 0.4) is 0 Å². The molecular formula is C17H11ClNO2S. The summed E-state index contributed by atoms with van der Waals surface area (Å²) >= 11 is 5.95. The lowest BCUT2D eigenvalue weighted by Gasteiger charge is -2.10. The summed E-state index contributed by atoms with van der Waals surface area (Å²) in [5.41, 5.74) is 1.20. The number of hydrogen-bond donors (Lipinski definition) is 0. The van der Waals surface area contributed by atoms with Crippen molar-refractivity contribution in [2.75, 3.05) is 0 Å². The molecule has 0 saturated heterocycles. The molecule has 1 heterocycles. The van der Waals surface area contributed by atoms with Crippen LogP contribution >= 0.6 is 11.6 Å². The van der Waals surface area contributed by atoms with Crippen LogP contribution in [0, 0.1) is 6.07 Å². The van der Waals surface area contributed by atoms with Gasteiger partial charge in [-0.1, -0.05) is 41.9 Å². The normalized spacial score (nSPS) is 11.3. The van der Waals surface area contributed by atoms with E-state index in [4.69, 9.17) is 11.6 Å². The maximum Gasteiger partial charge on any atom is 0.224 e. The molecule has 0 spiro atoms. The molecule has 0 atom stereocenters. The van der Waals surface area contributed by atoms with Gasteiger partial charge in [-0.05, 0) is 35.9 Å². The largest absolute Gasteiger partial charge is 0.244 e. The molecule has 1 aromatic heterocycles. The fourth-order valence-electron chi connectivity index (χ4n) is 2.14. The zero-order chi connectivity index (χ0) is 15.6. The highest BCUT2D eigenvalue weighted by molar-refractivity contribution is 7.91. The smallest absolute Gasteiger partial charge is 0.224 e. The van der Waals surface area contributed by atoms with E-state index in [1.807, 2.05) is 0 Å². The second-order valence-electron chi connectivity index (χ2n) is 4.60. The first-order valence-corrected chi connectivity index (χ1v) is 8.38. The van der Waals surface area contributed by atoms with Crippen LogP contribution in [0.4, 0.5) is 0 Å². The number of nitrogens with zero attached hydrogens (tertiary/aromatic N) is 1. The number of sulfone groups is 1. The summed E-state index contributed by atoms with van der Waals surface area (Å²) in [5.74, 6) is 0. The molecule has 3 aromatic rings. The van der Waals surface area contributed by atoms with Gasteiger partial charge in [0.15, 0.2) is 5.03 Å². The molecular weight excluding hydrogens is 318 g/mol. The molecule has 5 heteroatoms. The molecule has 0 fully saturated rings. The molecule has 0 aliphatic rings. The minimum atomic E-state index is -3.70. The van der Waals surface area contributed by atoms with Gasteiger partial charge in [-0.15, -0.1) is 0 Å². The van der Waals surface area contributed by atoms with Gasteiger partial charge >= 0.3 is 0 Å². The molecule has 0 aliphatic heterocycles. The number of benzene rings is 2. The van der Waals surface area contributed by atoms with Gasteiger partial charge in [-0.2, -0.15) is 0 Å². The molecule has 109 valence electrons. The van der Waals surface area contributed by atoms with Gasteiger partial charge in [0.2, 0.25) is 9.84 Å². The van der Waals surface area contributed by atoms with Crippen molar-refractivity contribution in [3.63, 3.8) is 0 Å². The quantitative estimate of drug-likeness (QED) is 0.729. The van der Waals surface area contributed by atoms with Crippen LogP contribution in [0.15, 0.2) is 76.8 Å². The molecule has 22 heavy (non-hydrogen) atoms. The van der Waals surface area contributed by atoms with Crippen molar-refractivity contribution in [3.8, 4) is 11.1 Å². The first kappa shape index (κ1) is 14.8. The Balaban J connectivity index is 2.21. The van der Waals surface area contributed by atoms with Crippen LogP contribution in [0.2, 0.25) is 5.02 Å². The van der Waals surface area contributed by atoms with Crippen LogP contribution in [0.1, 0.15) is 0 Å². The molecule has 0 amide bonds. The van der Waals surface area contributed by atoms with E-state index in [0.29, 0.717) is 16.1 Å². The van der Waals surface area contributed by atoms with E-state index in [0.717, 1.165) is 0 Å². The highest BCUT2D eigenvalue weighted by Crippen LogP contribution is 2.30. The molecule has 1 radical (unpaired) electrons. The third-order valence-corrected chi connectivity index (χ3v) is 5.10. The monoisotopic (exact) mass is 328 g/mol. The number of hydrogen-bond acceptors (Lipinski definition) is 3. The zero-order valence-corrected chi connectivity index (χ0v) is 13.0. The second-order valence-corrected chi connectivity index (χ2v) is 6.87. The summed E-state index contributed by atoms with van der Waals surface area (Å²) < 4.78 is 25.6. The average Bonchev–Trinajstić information content (AvgIpc) is 2.56. The standard InChI is InChI=1S/C17H11ClNO2S/c18-14-7-4-6-13(12-14)16-10-5-11-19-17(16)22(20,21)15-8-2-1-3-9-15/h1-6,8-12H. The van der Waals surface area contributed by atoms with Crippen molar-refractivity contribution in [1.29, 1.82) is 0 Å². The Labute approximate surface area is 134 Å². The molecule has 0 unspecified atom stereocenters. The van der Waals surface area contributed by atoms with Crippen LogP contribution in [0.5, 0.6) is 0 Å². The fourth-order valence-corrected chi connectivity index (χ4v) is 3.74. The first-order valence-electron chi connectivity index (χ1n) is 6.52. The Kier molecular flexibility index (Phi) is 3.96. The molecule has 3 nitrogen and oxygen atoms in total. The second kappa shape index (κ2) is 5.91. The Morgan fingerprint density at radius 2 is 1.77 bits per heavy atom. The SMILES string of the molecule is O=S(=O)(c1ccccc1)c1ncccc1-c1cc[c]c(Cl)c1. The lowest BCUT2D eigenvalue weighted by atomic mass is 10.1. The van der Waals surface area contributed by atoms with Crippen molar-refractivity contribution < 1.29 is 8.42 Å². The highest BCUT2D eigenvalue weighted by atomic mass is 35.5. The number of halogens is 1. The maximum atomic E-state index is 12.8. The predicted octanol–water partition coefficient (Wildman–Crippen LogP) is 4.03. The zero-order valence-electron chi connectivity index (χ0n) is 11.4. The van der Waals surface area contributed by atoms with E-state index in [9.17, 15) is 8.42 Å². The van der Waals surface area contributed by atoms with Crippen molar-refractivity contribution in [3.05, 3.63) is 77.9 Å². The third kappa shape index (κ3) is 2.75. The van der Waals surface area contributed by atoms with Gasteiger partial charge in [-0.3, -0.25) is 0 Å². The summed E-state index contributed by atoms with van der Waals surface area (Å²) in [6, 6.07) is 19.6. The Hall–Kier alpha value is -2.17. The fraction of sp³-hybridized carbons (Fsp3) is 0. The van der Waals surface area contributed by atoms with E-state index in [1.54, 1.807) is 60.7 Å². The predicted molar refractivity (Wildman–Crippen MR) is 85.4 cm³/mol. The minimum absolute atomic E-state index is 0.0171. The number of pyridine rings is 1. The minimum Gasteiger partial charge on any atom is -0.244 e. The number of aromatic nitrogens is 1. The topological polar surface area (TPSA) is 47.0 Å². The summed E-state index contributed by atoms with van der Waals surface area (Å²) in [6.07, 6.45) is 1.47. The molecule has 0 saturated carbocycles. The van der Waals surface area contributed by atoms with Gasteiger partial charge in [0.05, 0.1) is 4.90 Å². The van der Waals surface area contributed by atoms with Gasteiger partial charge < -0.3 is 0 Å².